The Morgan fingerprint density at radius 1 is 1.15 bits per heavy atom. The zero-order chi connectivity index (χ0) is 18.5. The van der Waals surface area contributed by atoms with E-state index in [9.17, 15) is 4.79 Å². The third-order valence-electron chi connectivity index (χ3n) is 4.18. The molecule has 1 amide bonds. The monoisotopic (exact) mass is 365 g/mol. The molecule has 3 aromatic rings. The molecule has 0 saturated carbocycles. The molecule has 1 aromatic heterocycles. The molecule has 0 aliphatic carbocycles. The number of amides is 1. The third kappa shape index (κ3) is 4.55. The molecule has 1 heterocycles. The average Bonchev–Trinajstić information content (AvgIpc) is 3.10. The number of aromatic nitrogens is 2. The maximum Gasteiger partial charge on any atom is 0.232 e. The molecular weight excluding hydrogens is 342 g/mol. The number of carbonyl (C=O) groups is 1. The van der Waals surface area contributed by atoms with E-state index >= 15 is 0 Å². The second-order valence-corrected chi connectivity index (χ2v) is 7.45. The van der Waals surface area contributed by atoms with Crippen LogP contribution in [0.5, 0.6) is 0 Å². The number of rotatable bonds is 6. The molecule has 0 fully saturated rings. The van der Waals surface area contributed by atoms with Crippen LogP contribution in [0.25, 0.3) is 5.69 Å². The number of para-hydroxylation sites is 1. The van der Waals surface area contributed by atoms with Crippen molar-refractivity contribution in [2.75, 3.05) is 12.8 Å². The summed E-state index contributed by atoms with van der Waals surface area (Å²) in [4.78, 5) is 15.4. The fraction of sp³-hybridized carbons (Fsp3) is 0.238. The van der Waals surface area contributed by atoms with E-state index in [1.54, 1.807) is 16.7 Å². The maximum atomic E-state index is 12.5. The van der Waals surface area contributed by atoms with Gasteiger partial charge in [0.15, 0.2) is 0 Å². The number of benzene rings is 2. The molecule has 26 heavy (non-hydrogen) atoms. The lowest BCUT2D eigenvalue weighted by molar-refractivity contribution is -0.127. The first kappa shape index (κ1) is 18.3. The molecule has 0 radical (unpaired) electrons. The standard InChI is InChI=1S/C21H23N3OS/c1-16-9-10-20(17(2)11-16)26-15-21(25)23(3)13-18-12-22-24(14-18)19-7-5-4-6-8-19/h4-12,14H,13,15H2,1-3H3. The van der Waals surface area contributed by atoms with Crippen LogP contribution in [-0.2, 0) is 11.3 Å². The highest BCUT2D eigenvalue weighted by Gasteiger charge is 2.12. The zero-order valence-electron chi connectivity index (χ0n) is 15.3. The van der Waals surface area contributed by atoms with E-state index in [-0.39, 0.29) is 5.91 Å². The van der Waals surface area contributed by atoms with E-state index in [4.69, 9.17) is 0 Å². The smallest absolute Gasteiger partial charge is 0.232 e. The molecule has 0 saturated heterocycles. The van der Waals surface area contributed by atoms with E-state index < -0.39 is 0 Å². The van der Waals surface area contributed by atoms with E-state index in [1.165, 1.54) is 11.1 Å². The van der Waals surface area contributed by atoms with Crippen LogP contribution in [0.2, 0.25) is 0 Å². The van der Waals surface area contributed by atoms with Crippen LogP contribution in [-0.4, -0.2) is 33.4 Å². The molecule has 134 valence electrons. The summed E-state index contributed by atoms with van der Waals surface area (Å²) < 4.78 is 1.83. The van der Waals surface area contributed by atoms with Crippen molar-refractivity contribution in [1.82, 2.24) is 14.7 Å². The molecule has 0 bridgehead atoms. The van der Waals surface area contributed by atoms with Crippen LogP contribution < -0.4 is 0 Å². The van der Waals surface area contributed by atoms with Crippen molar-refractivity contribution in [3.63, 3.8) is 0 Å². The Morgan fingerprint density at radius 2 is 1.92 bits per heavy atom. The van der Waals surface area contributed by atoms with Crippen LogP contribution in [0.4, 0.5) is 0 Å². The van der Waals surface area contributed by atoms with Gasteiger partial charge < -0.3 is 4.90 Å². The van der Waals surface area contributed by atoms with E-state index in [0.29, 0.717) is 12.3 Å². The summed E-state index contributed by atoms with van der Waals surface area (Å²) in [5.41, 5.74) is 4.49. The van der Waals surface area contributed by atoms with Gasteiger partial charge in [0.1, 0.15) is 0 Å². The molecule has 5 heteroatoms. The molecular formula is C21H23N3OS. The summed E-state index contributed by atoms with van der Waals surface area (Å²) in [6.45, 7) is 4.72. The summed E-state index contributed by atoms with van der Waals surface area (Å²) in [6, 6.07) is 16.3. The van der Waals surface area contributed by atoms with Crippen molar-refractivity contribution in [1.29, 1.82) is 0 Å². The van der Waals surface area contributed by atoms with Gasteiger partial charge in [-0.25, -0.2) is 4.68 Å². The summed E-state index contributed by atoms with van der Waals surface area (Å²) in [5, 5.41) is 4.39. The van der Waals surface area contributed by atoms with Crippen molar-refractivity contribution in [2.24, 2.45) is 0 Å². The average molecular weight is 366 g/mol. The zero-order valence-corrected chi connectivity index (χ0v) is 16.2. The summed E-state index contributed by atoms with van der Waals surface area (Å²) in [5.74, 6) is 0.551. The molecule has 0 unspecified atom stereocenters. The van der Waals surface area contributed by atoms with Crippen LogP contribution in [0.1, 0.15) is 16.7 Å². The number of hydrogen-bond donors (Lipinski definition) is 0. The van der Waals surface area contributed by atoms with Crippen molar-refractivity contribution in [2.45, 2.75) is 25.3 Å². The predicted molar refractivity (Wildman–Crippen MR) is 107 cm³/mol. The minimum Gasteiger partial charge on any atom is -0.341 e. The Hall–Kier alpha value is -2.53. The quantitative estimate of drug-likeness (QED) is 0.613. The van der Waals surface area contributed by atoms with Crippen LogP contribution in [0, 0.1) is 13.8 Å². The first-order chi connectivity index (χ1) is 12.5. The van der Waals surface area contributed by atoms with Crippen LogP contribution in [0.15, 0.2) is 65.8 Å². The first-order valence-corrected chi connectivity index (χ1v) is 9.54. The maximum absolute atomic E-state index is 12.5. The lowest BCUT2D eigenvalue weighted by Crippen LogP contribution is -2.27. The molecule has 0 spiro atoms. The molecule has 3 rings (SSSR count). The second-order valence-electron chi connectivity index (χ2n) is 6.44. The molecule has 0 atom stereocenters. The number of hydrogen-bond acceptors (Lipinski definition) is 3. The second kappa shape index (κ2) is 8.23. The van der Waals surface area contributed by atoms with Gasteiger partial charge in [-0.2, -0.15) is 5.10 Å². The number of aryl methyl sites for hydroxylation is 2. The van der Waals surface area contributed by atoms with Gasteiger partial charge in [0.05, 0.1) is 17.6 Å². The van der Waals surface area contributed by atoms with Crippen LogP contribution in [0.3, 0.4) is 0 Å². The predicted octanol–water partition coefficient (Wildman–Crippen LogP) is 4.24. The van der Waals surface area contributed by atoms with Gasteiger partial charge in [0.25, 0.3) is 0 Å². The van der Waals surface area contributed by atoms with Gasteiger partial charge in [-0.05, 0) is 37.6 Å². The SMILES string of the molecule is Cc1ccc(SCC(=O)N(C)Cc2cnn(-c3ccccc3)c2)c(C)c1. The Bertz CT molecular complexity index is 889. The number of thioether (sulfide) groups is 1. The normalized spacial score (nSPS) is 10.7. The molecule has 2 aromatic carbocycles. The Balaban J connectivity index is 1.57. The van der Waals surface area contributed by atoms with Crippen molar-refractivity contribution >= 4 is 17.7 Å². The lowest BCUT2D eigenvalue weighted by Gasteiger charge is -2.16. The lowest BCUT2D eigenvalue weighted by atomic mass is 10.2. The van der Waals surface area contributed by atoms with E-state index in [0.717, 1.165) is 16.1 Å². The highest BCUT2D eigenvalue weighted by atomic mass is 32.2. The van der Waals surface area contributed by atoms with Gasteiger partial charge in [-0.1, -0.05) is 35.9 Å². The van der Waals surface area contributed by atoms with Crippen molar-refractivity contribution in [3.05, 3.63) is 77.6 Å². The Morgan fingerprint density at radius 3 is 2.65 bits per heavy atom. The molecule has 0 N–H and O–H groups in total. The number of nitrogens with zero attached hydrogens (tertiary/aromatic N) is 3. The van der Waals surface area contributed by atoms with Gasteiger partial charge in [0, 0.05) is 30.2 Å². The van der Waals surface area contributed by atoms with Gasteiger partial charge in [-0.15, -0.1) is 11.8 Å². The van der Waals surface area contributed by atoms with E-state index in [2.05, 4.69) is 37.1 Å². The topological polar surface area (TPSA) is 38.1 Å². The van der Waals surface area contributed by atoms with Gasteiger partial charge in [0.2, 0.25) is 5.91 Å². The number of carbonyl (C=O) groups excluding carboxylic acids is 1. The van der Waals surface area contributed by atoms with Gasteiger partial charge in [-0.3, -0.25) is 4.79 Å². The minimum atomic E-state index is 0.113. The molecule has 0 aliphatic rings. The fourth-order valence-corrected chi connectivity index (χ4v) is 3.69. The molecule has 4 nitrogen and oxygen atoms in total. The summed E-state index contributed by atoms with van der Waals surface area (Å²) >= 11 is 1.59. The highest BCUT2D eigenvalue weighted by Crippen LogP contribution is 2.23. The van der Waals surface area contributed by atoms with Crippen LogP contribution >= 0.6 is 11.8 Å². The minimum absolute atomic E-state index is 0.113. The fourth-order valence-electron chi connectivity index (χ4n) is 2.74. The van der Waals surface area contributed by atoms with Crippen molar-refractivity contribution < 1.29 is 4.79 Å². The Labute approximate surface area is 158 Å². The first-order valence-electron chi connectivity index (χ1n) is 8.56. The summed E-state index contributed by atoms with van der Waals surface area (Å²) in [6.07, 6.45) is 3.78. The highest BCUT2D eigenvalue weighted by molar-refractivity contribution is 8.00. The van der Waals surface area contributed by atoms with Crippen molar-refractivity contribution in [3.8, 4) is 5.69 Å². The van der Waals surface area contributed by atoms with E-state index in [1.807, 2.05) is 54.5 Å². The molecule has 0 aliphatic heterocycles. The Kier molecular flexibility index (Phi) is 5.78. The third-order valence-corrected chi connectivity index (χ3v) is 5.34. The van der Waals surface area contributed by atoms with Gasteiger partial charge >= 0.3 is 0 Å². The summed E-state index contributed by atoms with van der Waals surface area (Å²) in [7, 11) is 1.84. The largest absolute Gasteiger partial charge is 0.341 e.